The van der Waals surface area contributed by atoms with E-state index in [4.69, 9.17) is 16.2 Å². The third-order valence-electron chi connectivity index (χ3n) is 0.776. The highest BCUT2D eigenvalue weighted by Gasteiger charge is 2.04. The van der Waals surface area contributed by atoms with Crippen molar-refractivity contribution in [3.63, 3.8) is 0 Å². The molecule has 0 aromatic heterocycles. The quantitative estimate of drug-likeness (QED) is 0.510. The molecule has 10 heavy (non-hydrogen) atoms. The van der Waals surface area contributed by atoms with E-state index in [2.05, 4.69) is 0 Å². The van der Waals surface area contributed by atoms with Crippen LogP contribution in [-0.2, 0) is 14.9 Å². The standard InChI is InChI=1S/C4H7ClO4S/c5-4(6)2-1-3-10(7,8)9/h1-3H2,(H,7,8,9). The molecular formula is C4H7ClO4S. The molecule has 6 heteroatoms. The van der Waals surface area contributed by atoms with Gasteiger partial charge in [0.15, 0.2) is 0 Å². The van der Waals surface area contributed by atoms with Gasteiger partial charge in [0, 0.05) is 6.42 Å². The summed E-state index contributed by atoms with van der Waals surface area (Å²) in [7, 11) is -3.93. The number of carbonyl (C=O) groups is 1. The molecule has 0 spiro atoms. The normalized spacial score (nSPS) is 11.4. The van der Waals surface area contributed by atoms with Crippen molar-refractivity contribution in [1.29, 1.82) is 0 Å². The van der Waals surface area contributed by atoms with Gasteiger partial charge in [-0.25, -0.2) is 0 Å². The molecule has 0 bridgehead atoms. The van der Waals surface area contributed by atoms with Crippen molar-refractivity contribution in [3.05, 3.63) is 0 Å². The molecule has 0 aliphatic heterocycles. The molecule has 0 saturated carbocycles. The molecule has 0 aromatic carbocycles. The van der Waals surface area contributed by atoms with Gasteiger partial charge in [-0.1, -0.05) is 0 Å². The van der Waals surface area contributed by atoms with Gasteiger partial charge in [-0.15, -0.1) is 0 Å². The summed E-state index contributed by atoms with van der Waals surface area (Å²) in [5.74, 6) is -0.411. The first-order valence-electron chi connectivity index (χ1n) is 2.55. The Morgan fingerprint density at radius 2 is 2.00 bits per heavy atom. The Bertz CT molecular complexity index is 207. The van der Waals surface area contributed by atoms with Crippen LogP contribution in [-0.4, -0.2) is 24.0 Å². The third-order valence-corrected chi connectivity index (χ3v) is 1.77. The average molecular weight is 187 g/mol. The molecule has 0 radical (unpaired) electrons. The molecule has 0 aromatic rings. The summed E-state index contributed by atoms with van der Waals surface area (Å²) in [6.45, 7) is 0. The largest absolute Gasteiger partial charge is 0.286 e. The minimum Gasteiger partial charge on any atom is -0.286 e. The molecule has 0 amide bonds. The highest BCUT2D eigenvalue weighted by atomic mass is 35.5. The molecule has 0 fully saturated rings. The Balaban J connectivity index is 3.49. The van der Waals surface area contributed by atoms with Crippen LogP contribution in [0.4, 0.5) is 0 Å². The first kappa shape index (κ1) is 9.87. The van der Waals surface area contributed by atoms with Crippen LogP contribution in [0.1, 0.15) is 12.8 Å². The van der Waals surface area contributed by atoms with E-state index in [0.717, 1.165) is 0 Å². The number of halogens is 1. The molecular weight excluding hydrogens is 180 g/mol. The minimum atomic E-state index is -3.93. The topological polar surface area (TPSA) is 71.4 Å². The number of rotatable bonds is 4. The fourth-order valence-electron chi connectivity index (χ4n) is 0.394. The highest BCUT2D eigenvalue weighted by Crippen LogP contribution is 1.96. The lowest BCUT2D eigenvalue weighted by atomic mass is 10.4. The predicted octanol–water partition coefficient (Wildman–Crippen LogP) is 0.420. The first-order valence-corrected chi connectivity index (χ1v) is 4.54. The molecule has 0 unspecified atom stereocenters. The van der Waals surface area contributed by atoms with Crippen molar-refractivity contribution in [1.82, 2.24) is 0 Å². The second kappa shape index (κ2) is 3.90. The van der Waals surface area contributed by atoms with Gasteiger partial charge >= 0.3 is 0 Å². The average Bonchev–Trinajstić information content (AvgIpc) is 1.59. The molecule has 0 saturated heterocycles. The van der Waals surface area contributed by atoms with Gasteiger partial charge in [0.1, 0.15) is 0 Å². The molecule has 4 nitrogen and oxygen atoms in total. The van der Waals surface area contributed by atoms with Crippen LogP contribution >= 0.6 is 11.6 Å². The van der Waals surface area contributed by atoms with E-state index in [1.54, 1.807) is 0 Å². The molecule has 0 aliphatic carbocycles. The van der Waals surface area contributed by atoms with Gasteiger partial charge in [-0.2, -0.15) is 8.42 Å². The van der Waals surface area contributed by atoms with Crippen molar-refractivity contribution in [2.24, 2.45) is 0 Å². The zero-order chi connectivity index (χ0) is 8.20. The SMILES string of the molecule is O=C(Cl)CCCS(=O)(=O)O. The van der Waals surface area contributed by atoms with E-state index in [0.29, 0.717) is 0 Å². The number of carbonyl (C=O) groups excluding carboxylic acids is 1. The number of hydrogen-bond donors (Lipinski definition) is 1. The van der Waals surface area contributed by atoms with E-state index in [9.17, 15) is 13.2 Å². The second-order valence-electron chi connectivity index (χ2n) is 1.74. The summed E-state index contributed by atoms with van der Waals surface area (Å²) in [5.41, 5.74) is 0. The molecule has 60 valence electrons. The van der Waals surface area contributed by atoms with E-state index in [1.165, 1.54) is 0 Å². The summed E-state index contributed by atoms with van der Waals surface area (Å²) in [6, 6.07) is 0. The van der Waals surface area contributed by atoms with Crippen LogP contribution in [0.3, 0.4) is 0 Å². The molecule has 0 atom stereocenters. The van der Waals surface area contributed by atoms with E-state index < -0.39 is 21.1 Å². The van der Waals surface area contributed by atoms with Crippen LogP contribution in [0.15, 0.2) is 0 Å². The monoisotopic (exact) mass is 186 g/mol. The van der Waals surface area contributed by atoms with Crippen molar-refractivity contribution in [2.45, 2.75) is 12.8 Å². The molecule has 1 N–H and O–H groups in total. The fraction of sp³-hybridized carbons (Fsp3) is 0.750. The zero-order valence-corrected chi connectivity index (χ0v) is 6.65. The van der Waals surface area contributed by atoms with E-state index in [-0.39, 0.29) is 12.8 Å². The van der Waals surface area contributed by atoms with Crippen molar-refractivity contribution in [3.8, 4) is 0 Å². The predicted molar refractivity (Wildman–Crippen MR) is 36.5 cm³/mol. The van der Waals surface area contributed by atoms with Gasteiger partial charge in [-0.3, -0.25) is 9.35 Å². The molecule has 0 rings (SSSR count). The lowest BCUT2D eigenvalue weighted by molar-refractivity contribution is -0.111. The highest BCUT2D eigenvalue weighted by molar-refractivity contribution is 7.85. The smallest absolute Gasteiger partial charge is 0.264 e. The third kappa shape index (κ3) is 7.87. The van der Waals surface area contributed by atoms with Crippen molar-refractivity contribution >= 4 is 27.0 Å². The lowest BCUT2D eigenvalue weighted by Gasteiger charge is -1.91. The Morgan fingerprint density at radius 1 is 1.50 bits per heavy atom. The Hall–Kier alpha value is -0.130. The Morgan fingerprint density at radius 3 is 2.30 bits per heavy atom. The van der Waals surface area contributed by atoms with Gasteiger partial charge < -0.3 is 0 Å². The van der Waals surface area contributed by atoms with Crippen LogP contribution in [0.2, 0.25) is 0 Å². The van der Waals surface area contributed by atoms with Crippen molar-refractivity contribution < 1.29 is 17.8 Å². The van der Waals surface area contributed by atoms with Crippen LogP contribution < -0.4 is 0 Å². The summed E-state index contributed by atoms with van der Waals surface area (Å²) in [5, 5.41) is -0.594. The van der Waals surface area contributed by atoms with Crippen LogP contribution in [0.25, 0.3) is 0 Å². The molecule has 0 heterocycles. The Kier molecular flexibility index (Phi) is 3.85. The van der Waals surface area contributed by atoms with Crippen LogP contribution in [0, 0.1) is 0 Å². The van der Waals surface area contributed by atoms with Crippen molar-refractivity contribution in [2.75, 3.05) is 5.75 Å². The summed E-state index contributed by atoms with van der Waals surface area (Å²) >= 11 is 4.89. The van der Waals surface area contributed by atoms with E-state index in [1.807, 2.05) is 0 Å². The van der Waals surface area contributed by atoms with Gasteiger partial charge in [-0.05, 0) is 18.0 Å². The minimum absolute atomic E-state index is 0.0264. The second-order valence-corrected chi connectivity index (χ2v) is 3.74. The summed E-state index contributed by atoms with van der Waals surface area (Å²) in [6.07, 6.45) is 0.0442. The summed E-state index contributed by atoms with van der Waals surface area (Å²) in [4.78, 5) is 10.0. The van der Waals surface area contributed by atoms with Crippen LogP contribution in [0.5, 0.6) is 0 Å². The maximum Gasteiger partial charge on any atom is 0.264 e. The van der Waals surface area contributed by atoms with Gasteiger partial charge in [0.05, 0.1) is 5.75 Å². The lowest BCUT2D eigenvalue weighted by Crippen LogP contribution is -2.04. The first-order chi connectivity index (χ1) is 4.42. The zero-order valence-electron chi connectivity index (χ0n) is 5.08. The maximum atomic E-state index is 10.0. The number of hydrogen-bond acceptors (Lipinski definition) is 3. The fourth-order valence-corrected chi connectivity index (χ4v) is 1.04. The maximum absolute atomic E-state index is 10.0. The molecule has 0 aliphatic rings. The Labute approximate surface area is 63.9 Å². The van der Waals surface area contributed by atoms with Gasteiger partial charge in [0.2, 0.25) is 5.24 Å². The summed E-state index contributed by atoms with van der Waals surface area (Å²) < 4.78 is 28.2. The van der Waals surface area contributed by atoms with Gasteiger partial charge in [0.25, 0.3) is 10.1 Å². The van der Waals surface area contributed by atoms with E-state index >= 15 is 0 Å².